The Hall–Kier alpha value is -2.70. The molecule has 0 fully saturated rings. The number of benzene rings is 1. The molecular weight excluding hydrogens is 330 g/mol. The first-order valence-electron chi connectivity index (χ1n) is 8.91. The van der Waals surface area contributed by atoms with Gasteiger partial charge in [0, 0.05) is 26.3 Å². The van der Waals surface area contributed by atoms with Crippen molar-refractivity contribution in [2.45, 2.75) is 26.4 Å². The van der Waals surface area contributed by atoms with Crippen LogP contribution in [0.15, 0.2) is 41.7 Å². The first kappa shape index (κ1) is 19.6. The second-order valence-electron chi connectivity index (χ2n) is 6.00. The average Bonchev–Trinajstić information content (AvgIpc) is 3.05. The molecular formula is C19H29N5O2. The fraction of sp³-hybridized carbons (Fsp3) is 0.474. The van der Waals surface area contributed by atoms with E-state index in [0.29, 0.717) is 6.54 Å². The second kappa shape index (κ2) is 10.3. The van der Waals surface area contributed by atoms with Crippen LogP contribution in [0.3, 0.4) is 0 Å². The SMILES string of the molecule is CCNC(=NCC(C)Oc1ccccc1OC)NCCc1cnn(C)c1. The van der Waals surface area contributed by atoms with Crippen LogP contribution < -0.4 is 20.1 Å². The van der Waals surface area contributed by atoms with Crippen LogP contribution in [0.25, 0.3) is 0 Å². The maximum absolute atomic E-state index is 5.94. The molecule has 0 spiro atoms. The van der Waals surface area contributed by atoms with Crippen LogP contribution in [0.5, 0.6) is 11.5 Å². The first-order chi connectivity index (χ1) is 12.6. The summed E-state index contributed by atoms with van der Waals surface area (Å²) in [7, 11) is 3.56. The third kappa shape index (κ3) is 6.31. The van der Waals surface area contributed by atoms with E-state index in [9.17, 15) is 0 Å². The van der Waals surface area contributed by atoms with Gasteiger partial charge in [-0.3, -0.25) is 4.68 Å². The third-order valence-corrected chi connectivity index (χ3v) is 3.71. The smallest absolute Gasteiger partial charge is 0.191 e. The summed E-state index contributed by atoms with van der Waals surface area (Å²) in [6.45, 7) is 6.18. The number of methoxy groups -OCH3 is 1. The van der Waals surface area contributed by atoms with Crippen LogP contribution in [-0.4, -0.2) is 48.6 Å². The van der Waals surface area contributed by atoms with E-state index in [1.807, 2.05) is 62.2 Å². The zero-order valence-electron chi connectivity index (χ0n) is 16.0. The van der Waals surface area contributed by atoms with Gasteiger partial charge in [-0.05, 0) is 38.0 Å². The van der Waals surface area contributed by atoms with E-state index in [-0.39, 0.29) is 6.10 Å². The molecule has 142 valence electrons. The number of aromatic nitrogens is 2. The topological polar surface area (TPSA) is 72.7 Å². The summed E-state index contributed by atoms with van der Waals surface area (Å²) in [4.78, 5) is 4.61. The van der Waals surface area contributed by atoms with Gasteiger partial charge in [-0.25, -0.2) is 4.99 Å². The number of rotatable bonds is 9. The Morgan fingerprint density at radius 2 is 2.04 bits per heavy atom. The monoisotopic (exact) mass is 359 g/mol. The zero-order chi connectivity index (χ0) is 18.8. The molecule has 1 unspecified atom stereocenters. The van der Waals surface area contributed by atoms with Crippen LogP contribution in [0.1, 0.15) is 19.4 Å². The van der Waals surface area contributed by atoms with Crippen molar-refractivity contribution >= 4 is 5.96 Å². The largest absolute Gasteiger partial charge is 0.493 e. The summed E-state index contributed by atoms with van der Waals surface area (Å²) < 4.78 is 13.1. The van der Waals surface area contributed by atoms with Crippen molar-refractivity contribution in [3.05, 3.63) is 42.2 Å². The van der Waals surface area contributed by atoms with Gasteiger partial charge in [0.05, 0.1) is 19.9 Å². The highest BCUT2D eigenvalue weighted by Gasteiger charge is 2.08. The van der Waals surface area contributed by atoms with Crippen molar-refractivity contribution in [1.82, 2.24) is 20.4 Å². The third-order valence-electron chi connectivity index (χ3n) is 3.71. The highest BCUT2D eigenvalue weighted by atomic mass is 16.5. The average molecular weight is 359 g/mol. The summed E-state index contributed by atoms with van der Waals surface area (Å²) >= 11 is 0. The van der Waals surface area contributed by atoms with Crippen molar-refractivity contribution in [2.75, 3.05) is 26.7 Å². The summed E-state index contributed by atoms with van der Waals surface area (Å²) in [5, 5.41) is 10.8. The van der Waals surface area contributed by atoms with Gasteiger partial charge in [0.25, 0.3) is 0 Å². The number of ether oxygens (including phenoxy) is 2. The molecule has 7 nitrogen and oxygen atoms in total. The van der Waals surface area contributed by atoms with E-state index in [1.54, 1.807) is 7.11 Å². The molecule has 7 heteroatoms. The van der Waals surface area contributed by atoms with Gasteiger partial charge in [-0.1, -0.05) is 12.1 Å². The highest BCUT2D eigenvalue weighted by Crippen LogP contribution is 2.26. The molecule has 1 aromatic carbocycles. The molecule has 2 rings (SSSR count). The van der Waals surface area contributed by atoms with Gasteiger partial charge in [0.15, 0.2) is 17.5 Å². The molecule has 2 aromatic rings. The van der Waals surface area contributed by atoms with Crippen LogP contribution in [0.4, 0.5) is 0 Å². The van der Waals surface area contributed by atoms with E-state index in [0.717, 1.165) is 37.0 Å². The minimum absolute atomic E-state index is 0.0694. The summed E-state index contributed by atoms with van der Waals surface area (Å²) in [5.74, 6) is 2.24. The number of nitrogens with zero attached hydrogens (tertiary/aromatic N) is 3. The maximum Gasteiger partial charge on any atom is 0.191 e. The standard InChI is InChI=1S/C19H29N5O2/c1-5-20-19(21-11-10-16-13-23-24(3)14-16)22-12-15(2)26-18-9-7-6-8-17(18)25-4/h6-9,13-15H,5,10-12H2,1-4H3,(H2,20,21,22). The Labute approximate surface area is 155 Å². The Kier molecular flexibility index (Phi) is 7.79. The zero-order valence-corrected chi connectivity index (χ0v) is 16.0. The Morgan fingerprint density at radius 3 is 2.69 bits per heavy atom. The van der Waals surface area contributed by atoms with Gasteiger partial charge in [0.1, 0.15) is 6.10 Å². The number of nitrogens with one attached hydrogen (secondary N) is 2. The Balaban J connectivity index is 1.84. The minimum atomic E-state index is -0.0694. The quantitative estimate of drug-likeness (QED) is 0.529. The van der Waals surface area contributed by atoms with Gasteiger partial charge < -0.3 is 20.1 Å². The van der Waals surface area contributed by atoms with Gasteiger partial charge in [-0.2, -0.15) is 5.10 Å². The number of aryl methyl sites for hydroxylation is 1. The molecule has 0 aliphatic rings. The lowest BCUT2D eigenvalue weighted by Crippen LogP contribution is -2.39. The van der Waals surface area contributed by atoms with Crippen molar-refractivity contribution in [2.24, 2.45) is 12.0 Å². The normalized spacial score (nSPS) is 12.5. The number of hydrogen-bond donors (Lipinski definition) is 2. The molecule has 1 heterocycles. The van der Waals surface area contributed by atoms with Gasteiger partial charge >= 0.3 is 0 Å². The predicted molar refractivity (Wildman–Crippen MR) is 104 cm³/mol. The molecule has 0 amide bonds. The summed E-state index contributed by atoms with van der Waals surface area (Å²) in [5.41, 5.74) is 1.20. The number of aliphatic imine (C=N–C) groups is 1. The molecule has 0 saturated heterocycles. The fourth-order valence-corrected chi connectivity index (χ4v) is 2.46. The number of hydrogen-bond acceptors (Lipinski definition) is 4. The maximum atomic E-state index is 5.94. The van der Waals surface area contributed by atoms with Crippen molar-refractivity contribution in [3.63, 3.8) is 0 Å². The van der Waals surface area contributed by atoms with Crippen molar-refractivity contribution in [3.8, 4) is 11.5 Å². The van der Waals surface area contributed by atoms with Gasteiger partial charge in [-0.15, -0.1) is 0 Å². The lowest BCUT2D eigenvalue weighted by molar-refractivity contribution is 0.219. The molecule has 2 N–H and O–H groups in total. The summed E-state index contributed by atoms with van der Waals surface area (Å²) in [6.07, 6.45) is 4.73. The van der Waals surface area contributed by atoms with E-state index in [4.69, 9.17) is 9.47 Å². The van der Waals surface area contributed by atoms with E-state index < -0.39 is 0 Å². The van der Waals surface area contributed by atoms with E-state index in [2.05, 4.69) is 20.7 Å². The molecule has 1 atom stereocenters. The molecule has 0 bridgehead atoms. The molecule has 0 saturated carbocycles. The molecule has 26 heavy (non-hydrogen) atoms. The van der Waals surface area contributed by atoms with Crippen LogP contribution >= 0.6 is 0 Å². The first-order valence-corrected chi connectivity index (χ1v) is 8.91. The van der Waals surface area contributed by atoms with Crippen molar-refractivity contribution < 1.29 is 9.47 Å². The fourth-order valence-electron chi connectivity index (χ4n) is 2.46. The highest BCUT2D eigenvalue weighted by molar-refractivity contribution is 5.79. The molecule has 0 aliphatic carbocycles. The van der Waals surface area contributed by atoms with Crippen LogP contribution in [-0.2, 0) is 13.5 Å². The van der Waals surface area contributed by atoms with Crippen LogP contribution in [0, 0.1) is 0 Å². The minimum Gasteiger partial charge on any atom is -0.493 e. The lowest BCUT2D eigenvalue weighted by atomic mass is 10.2. The van der Waals surface area contributed by atoms with E-state index >= 15 is 0 Å². The molecule has 0 radical (unpaired) electrons. The van der Waals surface area contributed by atoms with Crippen LogP contribution in [0.2, 0.25) is 0 Å². The van der Waals surface area contributed by atoms with Gasteiger partial charge in [0.2, 0.25) is 0 Å². The number of para-hydroxylation sites is 2. The van der Waals surface area contributed by atoms with E-state index in [1.165, 1.54) is 5.56 Å². The second-order valence-corrected chi connectivity index (χ2v) is 6.00. The number of guanidine groups is 1. The lowest BCUT2D eigenvalue weighted by Gasteiger charge is -2.16. The predicted octanol–water partition coefficient (Wildman–Crippen LogP) is 1.99. The molecule has 0 aliphatic heterocycles. The molecule has 1 aromatic heterocycles. The van der Waals surface area contributed by atoms with Crippen molar-refractivity contribution in [1.29, 1.82) is 0 Å². The Bertz CT molecular complexity index is 699. The Morgan fingerprint density at radius 1 is 1.27 bits per heavy atom. The summed E-state index contributed by atoms with van der Waals surface area (Å²) in [6, 6.07) is 7.63.